The second-order valence-corrected chi connectivity index (χ2v) is 8.96. The first-order valence-corrected chi connectivity index (χ1v) is 10.4. The van der Waals surface area contributed by atoms with Crippen LogP contribution in [0.5, 0.6) is 5.75 Å². The molecule has 0 radical (unpaired) electrons. The van der Waals surface area contributed by atoms with Gasteiger partial charge in [-0.2, -0.15) is 0 Å². The Kier molecular flexibility index (Phi) is 6.48. The minimum atomic E-state index is -3.63. The number of sulfonamides is 1. The van der Waals surface area contributed by atoms with E-state index in [-0.39, 0.29) is 6.04 Å². The van der Waals surface area contributed by atoms with Crippen LogP contribution < -0.4 is 9.46 Å². The molecule has 26 heavy (non-hydrogen) atoms. The molecule has 1 N–H and O–H groups in total. The van der Waals surface area contributed by atoms with Gasteiger partial charge in [0, 0.05) is 6.04 Å². The van der Waals surface area contributed by atoms with Crippen molar-refractivity contribution in [3.63, 3.8) is 0 Å². The minimum absolute atomic E-state index is 0.286. The largest absolute Gasteiger partial charge is 0.497 e. The van der Waals surface area contributed by atoms with Crippen LogP contribution >= 0.6 is 0 Å². The highest BCUT2D eigenvalue weighted by Crippen LogP contribution is 2.28. The summed E-state index contributed by atoms with van der Waals surface area (Å²) in [5, 5.41) is 0. The molecular formula is C21H29NO3S. The Balaban J connectivity index is 2.41. The molecule has 0 amide bonds. The maximum absolute atomic E-state index is 13.1. The van der Waals surface area contributed by atoms with Gasteiger partial charge in [-0.1, -0.05) is 43.7 Å². The van der Waals surface area contributed by atoms with Crippen LogP contribution in [0, 0.1) is 26.7 Å². The van der Waals surface area contributed by atoms with Crippen molar-refractivity contribution in [2.24, 2.45) is 5.92 Å². The fraction of sp³-hybridized carbons (Fsp3) is 0.429. The van der Waals surface area contributed by atoms with Gasteiger partial charge in [0.2, 0.25) is 10.0 Å². The molecule has 5 heteroatoms. The van der Waals surface area contributed by atoms with Gasteiger partial charge < -0.3 is 4.74 Å². The molecule has 0 bridgehead atoms. The zero-order valence-electron chi connectivity index (χ0n) is 16.5. The zero-order valence-corrected chi connectivity index (χ0v) is 17.3. The third-order valence-corrected chi connectivity index (χ3v) is 6.17. The third kappa shape index (κ3) is 4.86. The first-order chi connectivity index (χ1) is 12.1. The van der Waals surface area contributed by atoms with Crippen LogP contribution in [0.15, 0.2) is 41.3 Å². The van der Waals surface area contributed by atoms with Gasteiger partial charge in [-0.25, -0.2) is 13.1 Å². The molecule has 4 nitrogen and oxygen atoms in total. The Labute approximate surface area is 157 Å². The summed E-state index contributed by atoms with van der Waals surface area (Å²) in [4.78, 5) is 0.380. The van der Waals surface area contributed by atoms with E-state index in [1.807, 2.05) is 57.2 Å². The predicted octanol–water partition coefficient (Wildman–Crippen LogP) is 4.69. The highest BCUT2D eigenvalue weighted by molar-refractivity contribution is 7.89. The summed E-state index contributed by atoms with van der Waals surface area (Å²) in [6.45, 7) is 9.85. The Hall–Kier alpha value is -1.85. The van der Waals surface area contributed by atoms with E-state index in [4.69, 9.17) is 4.74 Å². The highest BCUT2D eigenvalue weighted by atomic mass is 32.2. The van der Waals surface area contributed by atoms with Gasteiger partial charge in [0.15, 0.2) is 0 Å². The Morgan fingerprint density at radius 1 is 1.00 bits per heavy atom. The van der Waals surface area contributed by atoms with Gasteiger partial charge in [-0.05, 0) is 61.9 Å². The number of aryl methyl sites for hydroxylation is 3. The van der Waals surface area contributed by atoms with Crippen LogP contribution in [-0.2, 0) is 10.0 Å². The Morgan fingerprint density at radius 2 is 1.54 bits per heavy atom. The lowest BCUT2D eigenvalue weighted by atomic mass is 9.98. The van der Waals surface area contributed by atoms with Crippen molar-refractivity contribution >= 4 is 10.0 Å². The van der Waals surface area contributed by atoms with Gasteiger partial charge in [-0.3, -0.25) is 0 Å². The topological polar surface area (TPSA) is 55.4 Å². The van der Waals surface area contributed by atoms with Gasteiger partial charge >= 0.3 is 0 Å². The van der Waals surface area contributed by atoms with Gasteiger partial charge in [0.1, 0.15) is 5.75 Å². The molecule has 0 aliphatic rings. The normalized spacial score (nSPS) is 13.0. The third-order valence-electron chi connectivity index (χ3n) is 4.40. The average molecular weight is 376 g/mol. The molecule has 0 saturated heterocycles. The van der Waals surface area contributed by atoms with Crippen molar-refractivity contribution in [2.75, 3.05) is 7.11 Å². The van der Waals surface area contributed by atoms with Crippen LogP contribution in [0.2, 0.25) is 0 Å². The quantitative estimate of drug-likeness (QED) is 0.764. The summed E-state index contributed by atoms with van der Waals surface area (Å²) in [6.07, 6.45) is 0.718. The lowest BCUT2D eigenvalue weighted by Gasteiger charge is -2.23. The summed E-state index contributed by atoms with van der Waals surface area (Å²) < 4.78 is 34.4. The second-order valence-electron chi connectivity index (χ2n) is 7.30. The molecule has 0 saturated carbocycles. The maximum atomic E-state index is 13.1. The molecule has 1 atom stereocenters. The smallest absolute Gasteiger partial charge is 0.241 e. The summed E-state index contributed by atoms with van der Waals surface area (Å²) in [5.74, 6) is 1.11. The van der Waals surface area contributed by atoms with Gasteiger partial charge in [0.05, 0.1) is 12.0 Å². The van der Waals surface area contributed by atoms with E-state index in [2.05, 4.69) is 18.6 Å². The van der Waals surface area contributed by atoms with Crippen molar-refractivity contribution in [2.45, 2.75) is 52.0 Å². The number of rotatable bonds is 7. The Morgan fingerprint density at radius 3 is 2.00 bits per heavy atom. The fourth-order valence-corrected chi connectivity index (χ4v) is 5.09. The molecule has 2 aromatic rings. The van der Waals surface area contributed by atoms with E-state index in [0.29, 0.717) is 10.8 Å². The molecule has 0 heterocycles. The number of benzene rings is 2. The lowest BCUT2D eigenvalue weighted by Crippen LogP contribution is -2.30. The van der Waals surface area contributed by atoms with E-state index in [1.165, 1.54) is 0 Å². The van der Waals surface area contributed by atoms with Crippen LogP contribution in [0.25, 0.3) is 0 Å². The number of ether oxygens (including phenoxy) is 1. The minimum Gasteiger partial charge on any atom is -0.497 e. The Bertz CT molecular complexity index is 832. The van der Waals surface area contributed by atoms with Crippen molar-refractivity contribution < 1.29 is 13.2 Å². The molecule has 0 aliphatic heterocycles. The van der Waals surface area contributed by atoms with Gasteiger partial charge in [0.25, 0.3) is 0 Å². The van der Waals surface area contributed by atoms with E-state index in [1.54, 1.807) is 7.11 Å². The molecule has 0 spiro atoms. The van der Waals surface area contributed by atoms with Crippen LogP contribution in [0.1, 0.15) is 48.6 Å². The highest BCUT2D eigenvalue weighted by Gasteiger charge is 2.25. The predicted molar refractivity (Wildman–Crippen MR) is 106 cm³/mol. The zero-order chi connectivity index (χ0) is 19.5. The molecule has 142 valence electrons. The first kappa shape index (κ1) is 20.5. The summed E-state index contributed by atoms with van der Waals surface area (Å²) in [7, 11) is -2.01. The van der Waals surface area contributed by atoms with E-state index >= 15 is 0 Å². The van der Waals surface area contributed by atoms with Gasteiger partial charge in [-0.15, -0.1) is 0 Å². The summed E-state index contributed by atoms with van der Waals surface area (Å²) >= 11 is 0. The number of methoxy groups -OCH3 is 1. The molecular weight excluding hydrogens is 346 g/mol. The molecule has 0 aliphatic carbocycles. The standard InChI is InChI=1S/C21H29NO3S/c1-14(2)11-20(18-7-9-19(25-6)10-8-18)22-26(23,24)21-16(4)12-15(3)13-17(21)5/h7-10,12-14,20,22H,11H2,1-6H3/t20-/m1/s1. The van der Waals surface area contributed by atoms with E-state index in [0.717, 1.165) is 34.4 Å². The summed E-state index contributed by atoms with van der Waals surface area (Å²) in [6, 6.07) is 11.1. The maximum Gasteiger partial charge on any atom is 0.241 e. The van der Waals surface area contributed by atoms with E-state index in [9.17, 15) is 8.42 Å². The number of hydrogen-bond acceptors (Lipinski definition) is 3. The SMILES string of the molecule is COc1ccc([C@@H](CC(C)C)NS(=O)(=O)c2c(C)cc(C)cc2C)cc1. The van der Waals surface area contributed by atoms with Crippen molar-refractivity contribution in [3.05, 3.63) is 58.7 Å². The van der Waals surface area contributed by atoms with Crippen LogP contribution in [-0.4, -0.2) is 15.5 Å². The number of nitrogens with one attached hydrogen (secondary N) is 1. The summed E-state index contributed by atoms with van der Waals surface area (Å²) in [5.41, 5.74) is 3.54. The van der Waals surface area contributed by atoms with Crippen LogP contribution in [0.4, 0.5) is 0 Å². The molecule has 0 unspecified atom stereocenters. The first-order valence-electron chi connectivity index (χ1n) is 8.88. The second kappa shape index (κ2) is 8.23. The van der Waals surface area contributed by atoms with Crippen LogP contribution in [0.3, 0.4) is 0 Å². The molecule has 2 aromatic carbocycles. The van der Waals surface area contributed by atoms with E-state index < -0.39 is 10.0 Å². The molecule has 0 aromatic heterocycles. The molecule has 0 fully saturated rings. The lowest BCUT2D eigenvalue weighted by molar-refractivity contribution is 0.414. The fourth-order valence-electron chi connectivity index (χ4n) is 3.40. The number of hydrogen-bond donors (Lipinski definition) is 1. The van der Waals surface area contributed by atoms with Crippen molar-refractivity contribution in [1.82, 2.24) is 4.72 Å². The molecule has 2 rings (SSSR count). The van der Waals surface area contributed by atoms with Crippen molar-refractivity contribution in [3.8, 4) is 5.75 Å². The monoisotopic (exact) mass is 375 g/mol. The van der Waals surface area contributed by atoms with Crippen molar-refractivity contribution in [1.29, 1.82) is 0 Å². The average Bonchev–Trinajstić information content (AvgIpc) is 2.52.